The van der Waals surface area contributed by atoms with Crippen LogP contribution in [0, 0.1) is 5.92 Å². The van der Waals surface area contributed by atoms with Gasteiger partial charge in [-0.2, -0.15) is 5.10 Å². The highest BCUT2D eigenvalue weighted by atomic mass is 16.5. The molecule has 33 heavy (non-hydrogen) atoms. The van der Waals surface area contributed by atoms with E-state index < -0.39 is 0 Å². The molecule has 2 aromatic rings. The number of urea groups is 1. The van der Waals surface area contributed by atoms with Gasteiger partial charge in [-0.15, -0.1) is 0 Å². The number of rotatable bonds is 6. The van der Waals surface area contributed by atoms with Gasteiger partial charge < -0.3 is 20.1 Å². The van der Waals surface area contributed by atoms with Crippen LogP contribution in [-0.4, -0.2) is 56.5 Å². The minimum atomic E-state index is -0.295. The van der Waals surface area contributed by atoms with E-state index in [2.05, 4.69) is 10.6 Å². The average molecular weight is 453 g/mol. The second-order valence-corrected chi connectivity index (χ2v) is 8.45. The molecule has 0 aromatic heterocycles. The van der Waals surface area contributed by atoms with Gasteiger partial charge in [0.2, 0.25) is 0 Å². The third-order valence-corrected chi connectivity index (χ3v) is 5.52. The lowest BCUT2D eigenvalue weighted by Crippen LogP contribution is -2.41. The monoisotopic (exact) mass is 452 g/mol. The number of hydrogen-bond donors (Lipinski definition) is 2. The highest BCUT2D eigenvalue weighted by Crippen LogP contribution is 2.34. The minimum Gasteiger partial charge on any atom is -0.493 e. The average Bonchev–Trinajstić information content (AvgIpc) is 2.96. The van der Waals surface area contributed by atoms with Gasteiger partial charge in [-0.25, -0.2) is 9.80 Å². The summed E-state index contributed by atoms with van der Waals surface area (Å²) in [7, 11) is 4.76. The first-order valence-electron chi connectivity index (χ1n) is 11.0. The summed E-state index contributed by atoms with van der Waals surface area (Å²) < 4.78 is 11.0. The van der Waals surface area contributed by atoms with E-state index in [0.717, 1.165) is 16.7 Å². The number of nitrogens with zero attached hydrogens (tertiary/aromatic N) is 2. The minimum absolute atomic E-state index is 0.120. The van der Waals surface area contributed by atoms with Gasteiger partial charge in [0.1, 0.15) is 0 Å². The molecule has 176 valence electrons. The van der Waals surface area contributed by atoms with E-state index in [9.17, 15) is 9.59 Å². The van der Waals surface area contributed by atoms with Crippen LogP contribution in [0.25, 0.3) is 0 Å². The van der Waals surface area contributed by atoms with Crippen LogP contribution in [0.1, 0.15) is 47.8 Å². The van der Waals surface area contributed by atoms with Gasteiger partial charge in [-0.05, 0) is 49.1 Å². The van der Waals surface area contributed by atoms with E-state index in [1.54, 1.807) is 33.4 Å². The molecular weight excluding hydrogens is 420 g/mol. The van der Waals surface area contributed by atoms with Crippen LogP contribution in [0.3, 0.4) is 0 Å². The number of ether oxygens (including phenoxy) is 2. The number of fused-ring (bicyclic) bond motifs is 1. The third-order valence-electron chi connectivity index (χ3n) is 5.52. The number of benzene rings is 2. The molecular formula is C25H32N4O4. The molecule has 0 radical (unpaired) electrons. The van der Waals surface area contributed by atoms with Crippen molar-refractivity contribution in [3.8, 4) is 11.5 Å². The highest BCUT2D eigenvalue weighted by molar-refractivity contribution is 6.15. The van der Waals surface area contributed by atoms with Crippen LogP contribution in [0.5, 0.6) is 11.5 Å². The first-order valence-corrected chi connectivity index (χ1v) is 11.0. The Hall–Kier alpha value is -3.55. The lowest BCUT2D eigenvalue weighted by molar-refractivity contribution is 0.0949. The fourth-order valence-corrected chi connectivity index (χ4v) is 3.73. The highest BCUT2D eigenvalue weighted by Gasteiger charge is 2.28. The predicted octanol–water partition coefficient (Wildman–Crippen LogP) is 3.43. The molecule has 2 aromatic carbocycles. The van der Waals surface area contributed by atoms with E-state index >= 15 is 0 Å². The van der Waals surface area contributed by atoms with E-state index in [1.807, 2.05) is 45.0 Å². The fourth-order valence-electron chi connectivity index (χ4n) is 3.73. The van der Waals surface area contributed by atoms with Crippen molar-refractivity contribution in [2.24, 2.45) is 11.0 Å². The Kier molecular flexibility index (Phi) is 7.58. The molecule has 0 saturated carbocycles. The van der Waals surface area contributed by atoms with E-state index in [0.29, 0.717) is 41.7 Å². The Bertz CT molecular complexity index is 1050. The van der Waals surface area contributed by atoms with Crippen molar-refractivity contribution in [3.05, 3.63) is 58.7 Å². The summed E-state index contributed by atoms with van der Waals surface area (Å²) in [6.45, 7) is 6.66. The molecule has 1 aliphatic heterocycles. The quantitative estimate of drug-likeness (QED) is 0.702. The number of carbonyl (C=O) groups is 2. The molecule has 8 heteroatoms. The van der Waals surface area contributed by atoms with Crippen LogP contribution in [-0.2, 0) is 6.42 Å². The maximum Gasteiger partial charge on any atom is 0.337 e. The summed E-state index contributed by atoms with van der Waals surface area (Å²) in [5, 5.41) is 11.8. The maximum atomic E-state index is 12.6. The Morgan fingerprint density at radius 2 is 1.76 bits per heavy atom. The Balaban J connectivity index is 2.08. The fraction of sp³-hybridized carbons (Fsp3) is 0.400. The molecule has 3 amide bonds. The maximum absolute atomic E-state index is 12.6. The Morgan fingerprint density at radius 1 is 1.12 bits per heavy atom. The van der Waals surface area contributed by atoms with Crippen LogP contribution in [0.15, 0.2) is 41.5 Å². The largest absolute Gasteiger partial charge is 0.493 e. The number of methoxy groups -OCH3 is 2. The van der Waals surface area contributed by atoms with Gasteiger partial charge in [0.25, 0.3) is 5.91 Å². The topological polar surface area (TPSA) is 92.3 Å². The van der Waals surface area contributed by atoms with E-state index in [1.165, 1.54) is 5.01 Å². The van der Waals surface area contributed by atoms with Crippen molar-refractivity contribution in [1.82, 2.24) is 15.6 Å². The molecule has 0 fully saturated rings. The second-order valence-electron chi connectivity index (χ2n) is 8.45. The summed E-state index contributed by atoms with van der Waals surface area (Å²) in [5.41, 5.74) is 3.81. The van der Waals surface area contributed by atoms with Gasteiger partial charge in [0.05, 0.1) is 26.0 Å². The molecule has 0 saturated heterocycles. The van der Waals surface area contributed by atoms with E-state index in [4.69, 9.17) is 14.6 Å². The number of hydrogen-bond acceptors (Lipinski definition) is 5. The first kappa shape index (κ1) is 24.1. The summed E-state index contributed by atoms with van der Waals surface area (Å²) in [5.74, 6) is 1.45. The molecule has 8 nitrogen and oxygen atoms in total. The Morgan fingerprint density at radius 3 is 2.33 bits per heavy atom. The van der Waals surface area contributed by atoms with Crippen molar-refractivity contribution in [2.75, 3.05) is 27.8 Å². The molecule has 1 unspecified atom stereocenters. The zero-order valence-electron chi connectivity index (χ0n) is 20.1. The van der Waals surface area contributed by atoms with Gasteiger partial charge in [-0.3, -0.25) is 4.79 Å². The van der Waals surface area contributed by atoms with Crippen molar-refractivity contribution in [2.45, 2.75) is 33.2 Å². The zero-order valence-corrected chi connectivity index (χ0v) is 20.1. The van der Waals surface area contributed by atoms with Crippen molar-refractivity contribution < 1.29 is 19.1 Å². The molecule has 0 bridgehead atoms. The second kappa shape index (κ2) is 10.4. The predicted molar refractivity (Wildman–Crippen MR) is 128 cm³/mol. The van der Waals surface area contributed by atoms with Crippen LogP contribution < -0.4 is 20.1 Å². The smallest absolute Gasteiger partial charge is 0.337 e. The summed E-state index contributed by atoms with van der Waals surface area (Å²) >= 11 is 0. The van der Waals surface area contributed by atoms with Gasteiger partial charge in [0, 0.05) is 30.3 Å². The van der Waals surface area contributed by atoms with Crippen molar-refractivity contribution >= 4 is 17.6 Å². The van der Waals surface area contributed by atoms with Crippen molar-refractivity contribution in [1.29, 1.82) is 0 Å². The Labute approximate surface area is 195 Å². The standard InChI is InChI=1S/C25H32N4O4/c1-15(2)14-27-24(30)18-9-7-17(8-10-18)23-20-13-22(33-6)21(32-5)12-19(20)11-16(3)29(28-23)25(31)26-4/h7-10,12-13,15-16H,11,14H2,1-6H3,(H,26,31)(H,27,30). The normalized spacial score (nSPS) is 15.3. The third kappa shape index (κ3) is 5.27. The van der Waals surface area contributed by atoms with E-state index in [-0.39, 0.29) is 18.0 Å². The molecule has 1 heterocycles. The summed E-state index contributed by atoms with van der Waals surface area (Å²) in [6.07, 6.45) is 0.589. The van der Waals surface area contributed by atoms with Crippen molar-refractivity contribution in [3.63, 3.8) is 0 Å². The SMILES string of the molecule is CNC(=O)N1N=C(c2ccc(C(=O)NCC(C)C)cc2)c2cc(OC)c(OC)cc2CC1C. The van der Waals surface area contributed by atoms with Gasteiger partial charge >= 0.3 is 6.03 Å². The number of hydrazone groups is 1. The zero-order chi connectivity index (χ0) is 24.1. The molecule has 2 N–H and O–H groups in total. The molecule has 1 aliphatic rings. The first-order chi connectivity index (χ1) is 15.8. The molecule has 3 rings (SSSR count). The summed E-state index contributed by atoms with van der Waals surface area (Å²) in [6, 6.07) is 10.6. The lowest BCUT2D eigenvalue weighted by Gasteiger charge is -2.22. The number of carbonyl (C=O) groups excluding carboxylic acids is 2. The molecule has 1 atom stereocenters. The molecule has 0 aliphatic carbocycles. The number of amides is 3. The lowest BCUT2D eigenvalue weighted by atomic mass is 9.93. The van der Waals surface area contributed by atoms with Gasteiger partial charge in [0.15, 0.2) is 11.5 Å². The van der Waals surface area contributed by atoms with Crippen LogP contribution in [0.2, 0.25) is 0 Å². The summed E-state index contributed by atoms with van der Waals surface area (Å²) in [4.78, 5) is 25.0. The van der Waals surface area contributed by atoms with Crippen LogP contribution >= 0.6 is 0 Å². The van der Waals surface area contributed by atoms with Gasteiger partial charge in [-0.1, -0.05) is 26.0 Å². The molecule has 0 spiro atoms. The van der Waals surface area contributed by atoms with Crippen LogP contribution in [0.4, 0.5) is 4.79 Å². The number of nitrogens with one attached hydrogen (secondary N) is 2.